The van der Waals surface area contributed by atoms with Crippen LogP contribution in [0.5, 0.6) is 5.75 Å². The SMILES string of the molecule is COc1ccc(Br)cc1NS(=O)(=O)c1cn[nH]c1C. The molecule has 0 saturated carbocycles. The highest BCUT2D eigenvalue weighted by Gasteiger charge is 2.20. The van der Waals surface area contributed by atoms with Gasteiger partial charge in [0.1, 0.15) is 10.6 Å². The van der Waals surface area contributed by atoms with Crippen molar-refractivity contribution in [1.29, 1.82) is 0 Å². The van der Waals surface area contributed by atoms with Crippen molar-refractivity contribution in [3.63, 3.8) is 0 Å². The molecule has 1 aromatic heterocycles. The molecule has 8 heteroatoms. The molecule has 0 radical (unpaired) electrons. The van der Waals surface area contributed by atoms with Crippen LogP contribution in [0.25, 0.3) is 0 Å². The molecule has 0 spiro atoms. The van der Waals surface area contributed by atoms with Gasteiger partial charge in [0.2, 0.25) is 0 Å². The van der Waals surface area contributed by atoms with Crippen molar-refractivity contribution in [1.82, 2.24) is 10.2 Å². The summed E-state index contributed by atoms with van der Waals surface area (Å²) in [7, 11) is -2.22. The van der Waals surface area contributed by atoms with Crippen LogP contribution in [0.2, 0.25) is 0 Å². The molecule has 2 rings (SSSR count). The first-order valence-corrected chi connectivity index (χ1v) is 7.58. The van der Waals surface area contributed by atoms with E-state index >= 15 is 0 Å². The molecule has 0 bridgehead atoms. The molecule has 1 aromatic carbocycles. The molecule has 1 heterocycles. The minimum Gasteiger partial charge on any atom is -0.495 e. The number of aromatic amines is 1. The summed E-state index contributed by atoms with van der Waals surface area (Å²) in [6.45, 7) is 1.64. The fraction of sp³-hybridized carbons (Fsp3) is 0.182. The van der Waals surface area contributed by atoms with Crippen molar-refractivity contribution in [2.45, 2.75) is 11.8 Å². The molecule has 6 nitrogen and oxygen atoms in total. The summed E-state index contributed by atoms with van der Waals surface area (Å²) < 4.78 is 32.8. The van der Waals surface area contributed by atoms with Gasteiger partial charge in [0, 0.05) is 4.47 Å². The van der Waals surface area contributed by atoms with Gasteiger partial charge in [0.15, 0.2) is 0 Å². The van der Waals surface area contributed by atoms with Crippen LogP contribution >= 0.6 is 15.9 Å². The summed E-state index contributed by atoms with van der Waals surface area (Å²) >= 11 is 3.29. The van der Waals surface area contributed by atoms with Gasteiger partial charge in [-0.1, -0.05) is 15.9 Å². The Morgan fingerprint density at radius 3 is 2.74 bits per heavy atom. The van der Waals surface area contributed by atoms with E-state index in [4.69, 9.17) is 4.74 Å². The third-order valence-electron chi connectivity index (χ3n) is 2.48. The zero-order valence-electron chi connectivity index (χ0n) is 10.3. The molecule has 0 unspecified atom stereocenters. The van der Waals surface area contributed by atoms with Gasteiger partial charge in [-0.15, -0.1) is 0 Å². The topological polar surface area (TPSA) is 84.1 Å². The first-order valence-electron chi connectivity index (χ1n) is 5.30. The molecule has 0 saturated heterocycles. The van der Waals surface area contributed by atoms with Gasteiger partial charge in [-0.3, -0.25) is 9.82 Å². The molecule has 19 heavy (non-hydrogen) atoms. The maximum Gasteiger partial charge on any atom is 0.265 e. The van der Waals surface area contributed by atoms with E-state index in [0.29, 0.717) is 17.1 Å². The lowest BCUT2D eigenvalue weighted by molar-refractivity contribution is 0.417. The maximum atomic E-state index is 12.2. The molecule has 0 aliphatic heterocycles. The van der Waals surface area contributed by atoms with Gasteiger partial charge < -0.3 is 4.74 Å². The third kappa shape index (κ3) is 2.90. The Hall–Kier alpha value is -1.54. The first kappa shape index (κ1) is 13.9. The van der Waals surface area contributed by atoms with Gasteiger partial charge >= 0.3 is 0 Å². The van der Waals surface area contributed by atoms with Crippen LogP contribution < -0.4 is 9.46 Å². The molecule has 102 valence electrons. The highest BCUT2D eigenvalue weighted by atomic mass is 79.9. The van der Waals surface area contributed by atoms with Crippen molar-refractivity contribution >= 4 is 31.6 Å². The second-order valence-corrected chi connectivity index (χ2v) is 6.38. The van der Waals surface area contributed by atoms with Gasteiger partial charge in [-0.05, 0) is 25.1 Å². The largest absolute Gasteiger partial charge is 0.495 e. The standard InChI is InChI=1S/C11H12BrN3O3S/c1-7-11(6-13-14-7)19(16,17)15-9-5-8(12)3-4-10(9)18-2/h3-6,15H,1-2H3,(H,13,14). The number of hydrogen-bond acceptors (Lipinski definition) is 4. The monoisotopic (exact) mass is 345 g/mol. The van der Waals surface area contributed by atoms with Gasteiger partial charge in [-0.2, -0.15) is 5.10 Å². The Balaban J connectivity index is 2.41. The number of sulfonamides is 1. The summed E-state index contributed by atoms with van der Waals surface area (Å²) in [4.78, 5) is 0.106. The number of anilines is 1. The lowest BCUT2D eigenvalue weighted by Crippen LogP contribution is -2.14. The maximum absolute atomic E-state index is 12.2. The van der Waals surface area contributed by atoms with Crippen LogP contribution in [-0.2, 0) is 10.0 Å². The number of H-pyrrole nitrogens is 1. The Bertz CT molecular complexity index is 697. The molecule has 2 aromatic rings. The molecule has 0 aliphatic rings. The fourth-order valence-corrected chi connectivity index (χ4v) is 3.13. The second-order valence-electron chi connectivity index (χ2n) is 3.81. The zero-order chi connectivity index (χ0) is 14.0. The zero-order valence-corrected chi connectivity index (χ0v) is 12.7. The number of hydrogen-bond donors (Lipinski definition) is 2. The Morgan fingerprint density at radius 1 is 1.42 bits per heavy atom. The van der Waals surface area contributed by atoms with E-state index in [1.54, 1.807) is 25.1 Å². The predicted octanol–water partition coefficient (Wildman–Crippen LogP) is 2.29. The molecule has 0 fully saturated rings. The molecule has 0 amide bonds. The van der Waals surface area contributed by atoms with E-state index in [2.05, 4.69) is 30.8 Å². The Labute approximate surface area is 119 Å². The van der Waals surface area contributed by atoms with E-state index in [1.807, 2.05) is 0 Å². The van der Waals surface area contributed by atoms with E-state index in [1.165, 1.54) is 13.3 Å². The number of methoxy groups -OCH3 is 1. The van der Waals surface area contributed by atoms with Crippen LogP contribution in [0, 0.1) is 6.92 Å². The minimum absolute atomic E-state index is 0.106. The van der Waals surface area contributed by atoms with Crippen LogP contribution in [0.3, 0.4) is 0 Å². The van der Waals surface area contributed by atoms with Crippen molar-refractivity contribution in [2.75, 3.05) is 11.8 Å². The summed E-state index contributed by atoms with van der Waals surface area (Å²) in [5.41, 5.74) is 0.832. The predicted molar refractivity (Wildman–Crippen MR) is 74.8 cm³/mol. The van der Waals surface area contributed by atoms with E-state index in [0.717, 1.165) is 4.47 Å². The molecule has 0 atom stereocenters. The molecule has 0 aliphatic carbocycles. The van der Waals surface area contributed by atoms with Crippen molar-refractivity contribution < 1.29 is 13.2 Å². The number of rotatable bonds is 4. The van der Waals surface area contributed by atoms with Crippen molar-refractivity contribution in [3.8, 4) is 5.75 Å². The number of nitrogens with one attached hydrogen (secondary N) is 2. The van der Waals surface area contributed by atoms with Gasteiger partial charge in [-0.25, -0.2) is 8.42 Å². The van der Waals surface area contributed by atoms with E-state index < -0.39 is 10.0 Å². The summed E-state index contributed by atoms with van der Waals surface area (Å²) in [6, 6.07) is 5.07. The Kier molecular flexibility index (Phi) is 3.81. The summed E-state index contributed by atoms with van der Waals surface area (Å²) in [6.07, 6.45) is 1.27. The molecule has 2 N–H and O–H groups in total. The quantitative estimate of drug-likeness (QED) is 0.890. The second kappa shape index (κ2) is 5.22. The average molecular weight is 346 g/mol. The smallest absolute Gasteiger partial charge is 0.265 e. The number of nitrogens with zero attached hydrogens (tertiary/aromatic N) is 1. The number of benzene rings is 1. The minimum atomic E-state index is -3.69. The molecular weight excluding hydrogens is 334 g/mol. The normalized spacial score (nSPS) is 11.3. The van der Waals surface area contributed by atoms with Gasteiger partial charge in [0.25, 0.3) is 10.0 Å². The lowest BCUT2D eigenvalue weighted by atomic mass is 10.3. The highest BCUT2D eigenvalue weighted by molar-refractivity contribution is 9.10. The van der Waals surface area contributed by atoms with Crippen molar-refractivity contribution in [2.24, 2.45) is 0 Å². The highest BCUT2D eigenvalue weighted by Crippen LogP contribution is 2.30. The van der Waals surface area contributed by atoms with E-state index in [9.17, 15) is 8.42 Å². The number of aryl methyl sites for hydroxylation is 1. The summed E-state index contributed by atoms with van der Waals surface area (Å²) in [5.74, 6) is 0.438. The third-order valence-corrected chi connectivity index (χ3v) is 4.45. The average Bonchev–Trinajstić information content (AvgIpc) is 2.76. The summed E-state index contributed by atoms with van der Waals surface area (Å²) in [5, 5.41) is 6.30. The van der Waals surface area contributed by atoms with Crippen molar-refractivity contribution in [3.05, 3.63) is 34.6 Å². The lowest BCUT2D eigenvalue weighted by Gasteiger charge is -2.11. The van der Waals surface area contributed by atoms with Crippen LogP contribution in [0.15, 0.2) is 33.8 Å². The van der Waals surface area contributed by atoms with Crippen LogP contribution in [-0.4, -0.2) is 25.7 Å². The first-order chi connectivity index (χ1) is 8.94. The van der Waals surface area contributed by atoms with Crippen LogP contribution in [0.4, 0.5) is 5.69 Å². The fourth-order valence-electron chi connectivity index (χ4n) is 1.57. The molecular formula is C11H12BrN3O3S. The van der Waals surface area contributed by atoms with Crippen LogP contribution in [0.1, 0.15) is 5.69 Å². The number of ether oxygens (including phenoxy) is 1. The Morgan fingerprint density at radius 2 is 2.16 bits per heavy atom. The van der Waals surface area contributed by atoms with Gasteiger partial charge in [0.05, 0.1) is 24.7 Å². The van der Waals surface area contributed by atoms with E-state index in [-0.39, 0.29) is 4.90 Å². The number of aromatic nitrogens is 2. The number of halogens is 1.